The lowest BCUT2D eigenvalue weighted by atomic mass is 9.87. The van der Waals surface area contributed by atoms with Crippen molar-refractivity contribution < 1.29 is 9.90 Å². The van der Waals surface area contributed by atoms with E-state index in [1.165, 1.54) is 0 Å². The standard InChI is InChI=1S/C14H17NO2/c1-9(2)13(14(16)17)11-5-4-6-12-10(11)7-8-15(12)3/h4-9,13H,1-3H3,(H,16,17). The van der Waals surface area contributed by atoms with E-state index in [1.807, 2.05) is 55.9 Å². The van der Waals surface area contributed by atoms with Crippen molar-refractivity contribution in [2.75, 3.05) is 0 Å². The van der Waals surface area contributed by atoms with Gasteiger partial charge in [0.2, 0.25) is 0 Å². The van der Waals surface area contributed by atoms with Crippen LogP contribution in [0.25, 0.3) is 10.9 Å². The molecule has 0 bridgehead atoms. The van der Waals surface area contributed by atoms with Crippen LogP contribution < -0.4 is 0 Å². The number of aromatic nitrogens is 1. The van der Waals surface area contributed by atoms with Crippen LogP contribution in [0.4, 0.5) is 0 Å². The third-order valence-electron chi connectivity index (χ3n) is 3.23. The predicted octanol–water partition coefficient (Wildman–Crippen LogP) is 3.00. The second-order valence-corrected chi connectivity index (χ2v) is 4.77. The highest BCUT2D eigenvalue weighted by molar-refractivity contribution is 5.89. The minimum Gasteiger partial charge on any atom is -0.481 e. The Morgan fingerprint density at radius 1 is 1.29 bits per heavy atom. The Kier molecular flexibility index (Phi) is 2.92. The van der Waals surface area contributed by atoms with Crippen molar-refractivity contribution in [1.29, 1.82) is 0 Å². The maximum absolute atomic E-state index is 11.4. The highest BCUT2D eigenvalue weighted by Crippen LogP contribution is 2.31. The van der Waals surface area contributed by atoms with Crippen molar-refractivity contribution in [3.63, 3.8) is 0 Å². The van der Waals surface area contributed by atoms with Crippen LogP contribution in [0.1, 0.15) is 25.3 Å². The Bertz CT molecular complexity index is 554. The van der Waals surface area contributed by atoms with Gasteiger partial charge in [-0.3, -0.25) is 4.79 Å². The smallest absolute Gasteiger partial charge is 0.311 e. The second kappa shape index (κ2) is 4.24. The zero-order valence-electron chi connectivity index (χ0n) is 10.3. The van der Waals surface area contributed by atoms with Crippen molar-refractivity contribution >= 4 is 16.9 Å². The van der Waals surface area contributed by atoms with Crippen LogP contribution in [0.3, 0.4) is 0 Å². The molecule has 0 aliphatic rings. The zero-order valence-corrected chi connectivity index (χ0v) is 10.3. The fourth-order valence-corrected chi connectivity index (χ4v) is 2.37. The topological polar surface area (TPSA) is 42.2 Å². The molecule has 2 rings (SSSR count). The highest BCUT2D eigenvalue weighted by Gasteiger charge is 2.25. The summed E-state index contributed by atoms with van der Waals surface area (Å²) in [7, 11) is 1.97. The van der Waals surface area contributed by atoms with E-state index in [2.05, 4.69) is 0 Å². The SMILES string of the molecule is CC(C)C(C(=O)O)c1cccc2c1ccn2C. The summed E-state index contributed by atoms with van der Waals surface area (Å²) >= 11 is 0. The second-order valence-electron chi connectivity index (χ2n) is 4.77. The molecule has 1 N–H and O–H groups in total. The molecule has 0 fully saturated rings. The van der Waals surface area contributed by atoms with Crippen molar-refractivity contribution in [2.45, 2.75) is 19.8 Å². The Morgan fingerprint density at radius 3 is 2.59 bits per heavy atom. The van der Waals surface area contributed by atoms with Gasteiger partial charge in [-0.05, 0) is 23.6 Å². The molecule has 1 unspecified atom stereocenters. The van der Waals surface area contributed by atoms with Crippen LogP contribution in [0, 0.1) is 5.92 Å². The van der Waals surface area contributed by atoms with Crippen molar-refractivity contribution in [3.8, 4) is 0 Å². The monoisotopic (exact) mass is 231 g/mol. The van der Waals surface area contributed by atoms with E-state index in [9.17, 15) is 9.90 Å². The average Bonchev–Trinajstić information content (AvgIpc) is 2.61. The average molecular weight is 231 g/mol. The first-order valence-corrected chi connectivity index (χ1v) is 5.79. The predicted molar refractivity (Wildman–Crippen MR) is 68.1 cm³/mol. The summed E-state index contributed by atoms with van der Waals surface area (Å²) in [5.41, 5.74) is 1.99. The molecule has 0 aliphatic carbocycles. The minimum atomic E-state index is -0.753. The van der Waals surface area contributed by atoms with E-state index in [0.29, 0.717) is 0 Å². The molecule has 2 aromatic rings. The van der Waals surface area contributed by atoms with E-state index in [0.717, 1.165) is 16.5 Å². The number of carboxylic acid groups (broad SMARTS) is 1. The molecule has 90 valence electrons. The number of hydrogen-bond acceptors (Lipinski definition) is 1. The summed E-state index contributed by atoms with van der Waals surface area (Å²) in [6, 6.07) is 7.85. The van der Waals surface area contributed by atoms with Gasteiger partial charge in [0.05, 0.1) is 5.92 Å². The van der Waals surface area contributed by atoms with Gasteiger partial charge in [-0.25, -0.2) is 0 Å². The van der Waals surface area contributed by atoms with E-state index in [-0.39, 0.29) is 5.92 Å². The molecule has 0 aliphatic heterocycles. The fraction of sp³-hybridized carbons (Fsp3) is 0.357. The molecule has 0 amide bonds. The van der Waals surface area contributed by atoms with Gasteiger partial charge in [-0.2, -0.15) is 0 Å². The van der Waals surface area contributed by atoms with Crippen LogP contribution in [0.5, 0.6) is 0 Å². The quantitative estimate of drug-likeness (QED) is 0.882. The summed E-state index contributed by atoms with van der Waals surface area (Å²) in [4.78, 5) is 11.4. The van der Waals surface area contributed by atoms with Crippen molar-refractivity contribution in [3.05, 3.63) is 36.0 Å². The van der Waals surface area contributed by atoms with Gasteiger partial charge in [0.15, 0.2) is 0 Å². The van der Waals surface area contributed by atoms with Crippen LogP contribution >= 0.6 is 0 Å². The molecule has 0 saturated heterocycles. The zero-order chi connectivity index (χ0) is 12.6. The van der Waals surface area contributed by atoms with Crippen molar-refractivity contribution in [2.24, 2.45) is 13.0 Å². The van der Waals surface area contributed by atoms with E-state index >= 15 is 0 Å². The summed E-state index contributed by atoms with van der Waals surface area (Å²) in [6.45, 7) is 3.89. The number of fused-ring (bicyclic) bond motifs is 1. The molecule has 1 atom stereocenters. The Morgan fingerprint density at radius 2 is 2.00 bits per heavy atom. The number of nitrogens with zero attached hydrogens (tertiary/aromatic N) is 1. The first-order valence-electron chi connectivity index (χ1n) is 5.79. The molecular weight excluding hydrogens is 214 g/mol. The molecule has 0 spiro atoms. The fourth-order valence-electron chi connectivity index (χ4n) is 2.37. The largest absolute Gasteiger partial charge is 0.481 e. The normalized spacial score (nSPS) is 13.2. The maximum Gasteiger partial charge on any atom is 0.311 e. The third kappa shape index (κ3) is 1.93. The third-order valence-corrected chi connectivity index (χ3v) is 3.23. The molecule has 1 aromatic heterocycles. The highest BCUT2D eigenvalue weighted by atomic mass is 16.4. The Hall–Kier alpha value is -1.77. The van der Waals surface area contributed by atoms with E-state index in [4.69, 9.17) is 0 Å². The first kappa shape index (κ1) is 11.7. The van der Waals surface area contributed by atoms with Gasteiger partial charge < -0.3 is 9.67 Å². The number of carbonyl (C=O) groups is 1. The van der Waals surface area contributed by atoms with Crippen molar-refractivity contribution in [1.82, 2.24) is 4.57 Å². The Balaban J connectivity index is 2.65. The van der Waals surface area contributed by atoms with E-state index < -0.39 is 11.9 Å². The molecule has 17 heavy (non-hydrogen) atoms. The molecule has 3 heteroatoms. The van der Waals surface area contributed by atoms with Gasteiger partial charge in [0.1, 0.15) is 0 Å². The molecule has 3 nitrogen and oxygen atoms in total. The molecule has 1 heterocycles. The van der Waals surface area contributed by atoms with Crippen LogP contribution in [0.15, 0.2) is 30.5 Å². The molecular formula is C14H17NO2. The first-order chi connectivity index (χ1) is 8.02. The van der Waals surface area contributed by atoms with E-state index in [1.54, 1.807) is 0 Å². The molecule has 0 saturated carbocycles. The summed E-state index contributed by atoms with van der Waals surface area (Å²) in [5.74, 6) is -1.12. The Labute approximate surface area is 101 Å². The van der Waals surface area contributed by atoms with Crippen LogP contribution in [-0.2, 0) is 11.8 Å². The maximum atomic E-state index is 11.4. The lowest BCUT2D eigenvalue weighted by Gasteiger charge is -2.17. The lowest BCUT2D eigenvalue weighted by molar-refractivity contribution is -0.139. The lowest BCUT2D eigenvalue weighted by Crippen LogP contribution is -2.17. The molecule has 1 aromatic carbocycles. The number of aryl methyl sites for hydroxylation is 1. The van der Waals surface area contributed by atoms with Gasteiger partial charge in [-0.1, -0.05) is 26.0 Å². The van der Waals surface area contributed by atoms with Crippen LogP contribution in [-0.4, -0.2) is 15.6 Å². The summed E-state index contributed by atoms with van der Waals surface area (Å²) in [5, 5.41) is 10.4. The summed E-state index contributed by atoms with van der Waals surface area (Å²) in [6.07, 6.45) is 1.97. The number of carboxylic acids is 1. The number of benzene rings is 1. The van der Waals surface area contributed by atoms with Gasteiger partial charge in [0.25, 0.3) is 0 Å². The number of aliphatic carboxylic acids is 1. The number of hydrogen-bond donors (Lipinski definition) is 1. The van der Waals surface area contributed by atoms with Gasteiger partial charge in [-0.15, -0.1) is 0 Å². The number of rotatable bonds is 3. The van der Waals surface area contributed by atoms with Gasteiger partial charge in [0, 0.05) is 24.1 Å². The minimum absolute atomic E-state index is 0.0818. The molecule has 0 radical (unpaired) electrons. The summed E-state index contributed by atoms with van der Waals surface area (Å²) < 4.78 is 2.01. The van der Waals surface area contributed by atoms with Gasteiger partial charge >= 0.3 is 5.97 Å². The van der Waals surface area contributed by atoms with Crippen LogP contribution in [0.2, 0.25) is 0 Å².